The minimum Gasteiger partial charge on any atom is -0.332 e. The molecule has 0 aliphatic rings. The molecule has 4 rings (SSSR count). The molecule has 0 fully saturated rings. The van der Waals surface area contributed by atoms with E-state index in [0.29, 0.717) is 18.8 Å². The summed E-state index contributed by atoms with van der Waals surface area (Å²) in [7, 11) is 0. The molecular weight excluding hydrogens is 394 g/mol. The Morgan fingerprint density at radius 1 is 0.833 bits per heavy atom. The zero-order valence-electron chi connectivity index (χ0n) is 16.3. The van der Waals surface area contributed by atoms with Gasteiger partial charge in [0.2, 0.25) is 5.91 Å². The summed E-state index contributed by atoms with van der Waals surface area (Å²) in [6, 6.07) is 26.7. The van der Waals surface area contributed by atoms with Gasteiger partial charge in [-0.25, -0.2) is 4.68 Å². The summed E-state index contributed by atoms with van der Waals surface area (Å²) in [5.41, 5.74) is 2.47. The predicted molar refractivity (Wildman–Crippen MR) is 119 cm³/mol. The molecule has 0 aliphatic heterocycles. The lowest BCUT2D eigenvalue weighted by molar-refractivity contribution is -0.133. The standard InChI is InChI=1S/C24H21N3O2S/c28-23-14-13-21(22-12-7-15-30-22)25-27(23)18-24(29)26(16-19-8-3-1-4-9-19)17-20-10-5-2-6-11-20/h1-15H,16-18H2. The first-order valence-corrected chi connectivity index (χ1v) is 10.5. The van der Waals surface area contributed by atoms with Crippen LogP contribution in [-0.4, -0.2) is 20.6 Å². The van der Waals surface area contributed by atoms with Crippen LogP contribution in [0.5, 0.6) is 0 Å². The van der Waals surface area contributed by atoms with Gasteiger partial charge in [0.05, 0.1) is 4.88 Å². The third-order valence-electron chi connectivity index (χ3n) is 4.71. The first-order chi connectivity index (χ1) is 14.7. The van der Waals surface area contributed by atoms with Crippen molar-refractivity contribution in [3.8, 4) is 10.6 Å². The summed E-state index contributed by atoms with van der Waals surface area (Å²) in [6.07, 6.45) is 0. The molecule has 0 saturated carbocycles. The molecule has 5 nitrogen and oxygen atoms in total. The van der Waals surface area contributed by atoms with Crippen LogP contribution in [0, 0.1) is 0 Å². The van der Waals surface area contributed by atoms with Gasteiger partial charge in [0.1, 0.15) is 12.2 Å². The highest BCUT2D eigenvalue weighted by Gasteiger charge is 2.17. The number of thiophene rings is 1. The molecule has 2 aromatic carbocycles. The van der Waals surface area contributed by atoms with Gasteiger partial charge in [0, 0.05) is 19.2 Å². The van der Waals surface area contributed by atoms with E-state index in [1.807, 2.05) is 78.2 Å². The Bertz CT molecular complexity index is 1110. The van der Waals surface area contributed by atoms with Crippen LogP contribution < -0.4 is 5.56 Å². The minimum atomic E-state index is -0.289. The van der Waals surface area contributed by atoms with Crippen LogP contribution in [0.4, 0.5) is 0 Å². The van der Waals surface area contributed by atoms with Crippen molar-refractivity contribution in [1.82, 2.24) is 14.7 Å². The van der Waals surface area contributed by atoms with Gasteiger partial charge < -0.3 is 4.90 Å². The van der Waals surface area contributed by atoms with Crippen molar-refractivity contribution in [3.63, 3.8) is 0 Å². The number of rotatable bonds is 7. The van der Waals surface area contributed by atoms with Crippen LogP contribution in [0.15, 0.2) is 95.1 Å². The summed E-state index contributed by atoms with van der Waals surface area (Å²) in [5.74, 6) is -0.152. The normalized spacial score (nSPS) is 10.7. The maximum Gasteiger partial charge on any atom is 0.267 e. The lowest BCUT2D eigenvalue weighted by Crippen LogP contribution is -2.36. The average Bonchev–Trinajstić information content (AvgIpc) is 3.31. The van der Waals surface area contributed by atoms with Crippen LogP contribution in [-0.2, 0) is 24.4 Å². The highest BCUT2D eigenvalue weighted by molar-refractivity contribution is 7.13. The minimum absolute atomic E-state index is 0.0995. The molecule has 0 radical (unpaired) electrons. The van der Waals surface area contributed by atoms with E-state index < -0.39 is 0 Å². The van der Waals surface area contributed by atoms with Crippen molar-refractivity contribution in [3.05, 3.63) is 112 Å². The molecule has 0 bridgehead atoms. The summed E-state index contributed by atoms with van der Waals surface area (Å²) >= 11 is 1.55. The highest BCUT2D eigenvalue weighted by Crippen LogP contribution is 2.21. The fourth-order valence-electron chi connectivity index (χ4n) is 3.19. The van der Waals surface area contributed by atoms with Crippen LogP contribution in [0.1, 0.15) is 11.1 Å². The molecule has 6 heteroatoms. The second-order valence-corrected chi connectivity index (χ2v) is 7.86. The van der Waals surface area contributed by atoms with E-state index in [2.05, 4.69) is 5.10 Å². The van der Waals surface area contributed by atoms with Gasteiger partial charge in [-0.3, -0.25) is 9.59 Å². The third-order valence-corrected chi connectivity index (χ3v) is 5.60. The molecule has 30 heavy (non-hydrogen) atoms. The smallest absolute Gasteiger partial charge is 0.267 e. The fourth-order valence-corrected chi connectivity index (χ4v) is 3.88. The van der Waals surface area contributed by atoms with Crippen molar-refractivity contribution in [1.29, 1.82) is 0 Å². The molecule has 0 saturated heterocycles. The number of nitrogens with zero attached hydrogens (tertiary/aromatic N) is 3. The highest BCUT2D eigenvalue weighted by atomic mass is 32.1. The lowest BCUT2D eigenvalue weighted by Gasteiger charge is -2.23. The van der Waals surface area contributed by atoms with Crippen LogP contribution in [0.3, 0.4) is 0 Å². The number of amides is 1. The van der Waals surface area contributed by atoms with Gasteiger partial charge in [-0.15, -0.1) is 11.3 Å². The van der Waals surface area contributed by atoms with Gasteiger partial charge in [-0.05, 0) is 28.6 Å². The van der Waals surface area contributed by atoms with E-state index in [1.54, 1.807) is 22.3 Å². The molecule has 2 aromatic heterocycles. The zero-order chi connectivity index (χ0) is 20.8. The number of aromatic nitrogens is 2. The van der Waals surface area contributed by atoms with Crippen molar-refractivity contribution in [2.75, 3.05) is 0 Å². The largest absolute Gasteiger partial charge is 0.332 e. The molecule has 0 spiro atoms. The van der Waals surface area contributed by atoms with Crippen molar-refractivity contribution < 1.29 is 4.79 Å². The van der Waals surface area contributed by atoms with E-state index in [4.69, 9.17) is 0 Å². The summed E-state index contributed by atoms with van der Waals surface area (Å²) in [4.78, 5) is 28.3. The predicted octanol–water partition coefficient (Wildman–Crippen LogP) is 4.20. The van der Waals surface area contributed by atoms with Crippen molar-refractivity contribution >= 4 is 17.2 Å². The van der Waals surface area contributed by atoms with Crippen LogP contribution in [0.2, 0.25) is 0 Å². The Morgan fingerprint density at radius 2 is 1.47 bits per heavy atom. The van der Waals surface area contributed by atoms with E-state index in [1.165, 1.54) is 10.7 Å². The number of carbonyl (C=O) groups excluding carboxylic acids is 1. The Morgan fingerprint density at radius 3 is 2.03 bits per heavy atom. The molecule has 0 unspecified atom stereocenters. The molecule has 150 valence electrons. The fraction of sp³-hybridized carbons (Fsp3) is 0.125. The Labute approximate surface area is 178 Å². The Balaban J connectivity index is 1.58. The topological polar surface area (TPSA) is 55.2 Å². The van der Waals surface area contributed by atoms with Gasteiger partial charge >= 0.3 is 0 Å². The molecule has 0 atom stereocenters. The van der Waals surface area contributed by atoms with Gasteiger partial charge in [-0.2, -0.15) is 5.10 Å². The molecule has 2 heterocycles. The molecule has 4 aromatic rings. The molecule has 0 N–H and O–H groups in total. The number of hydrogen-bond acceptors (Lipinski definition) is 4. The monoisotopic (exact) mass is 415 g/mol. The number of hydrogen-bond donors (Lipinski definition) is 0. The summed E-state index contributed by atoms with van der Waals surface area (Å²) in [5, 5.41) is 6.38. The first kappa shape index (κ1) is 19.8. The number of carbonyl (C=O) groups is 1. The summed E-state index contributed by atoms with van der Waals surface area (Å²) in [6.45, 7) is 0.833. The number of benzene rings is 2. The average molecular weight is 416 g/mol. The summed E-state index contributed by atoms with van der Waals surface area (Å²) < 4.78 is 1.25. The molecular formula is C24H21N3O2S. The third kappa shape index (κ3) is 4.90. The SMILES string of the molecule is O=C(Cn1nc(-c2cccs2)ccc1=O)N(Cc1ccccc1)Cc1ccccc1. The first-order valence-electron chi connectivity index (χ1n) is 9.67. The van der Waals surface area contributed by atoms with E-state index in [-0.39, 0.29) is 18.0 Å². The maximum atomic E-state index is 13.2. The Hall–Kier alpha value is -3.51. The maximum absolute atomic E-state index is 13.2. The van der Waals surface area contributed by atoms with Gasteiger partial charge in [0.25, 0.3) is 5.56 Å². The van der Waals surface area contributed by atoms with E-state index in [0.717, 1.165) is 16.0 Å². The molecule has 1 amide bonds. The van der Waals surface area contributed by atoms with Crippen molar-refractivity contribution in [2.24, 2.45) is 0 Å². The lowest BCUT2D eigenvalue weighted by atomic mass is 10.1. The second-order valence-electron chi connectivity index (χ2n) is 6.91. The van der Waals surface area contributed by atoms with Crippen molar-refractivity contribution in [2.45, 2.75) is 19.6 Å². The zero-order valence-corrected chi connectivity index (χ0v) is 17.2. The molecule has 0 aliphatic carbocycles. The van der Waals surface area contributed by atoms with Gasteiger partial charge in [0.15, 0.2) is 0 Å². The van der Waals surface area contributed by atoms with E-state index >= 15 is 0 Å². The Kier molecular flexibility index (Phi) is 6.15. The van der Waals surface area contributed by atoms with Crippen LogP contribution in [0.25, 0.3) is 10.6 Å². The van der Waals surface area contributed by atoms with Gasteiger partial charge in [-0.1, -0.05) is 66.7 Å². The van der Waals surface area contributed by atoms with Crippen LogP contribution >= 0.6 is 11.3 Å². The van der Waals surface area contributed by atoms with E-state index in [9.17, 15) is 9.59 Å². The second kappa shape index (κ2) is 9.33. The quantitative estimate of drug-likeness (QED) is 0.455.